The van der Waals surface area contributed by atoms with Crippen molar-refractivity contribution in [2.24, 2.45) is 7.05 Å². The van der Waals surface area contributed by atoms with Gasteiger partial charge in [-0.05, 0) is 49.9 Å². The maximum atomic E-state index is 6.90. The number of hydrogen-bond donors (Lipinski definition) is 1. The van der Waals surface area contributed by atoms with Gasteiger partial charge in [-0.25, -0.2) is 9.97 Å². The van der Waals surface area contributed by atoms with E-state index in [-0.39, 0.29) is 5.04 Å². The maximum Gasteiger partial charge on any atom is 0.192 e. The number of rotatable bonds is 5. The van der Waals surface area contributed by atoms with Crippen molar-refractivity contribution in [3.63, 3.8) is 0 Å². The first-order chi connectivity index (χ1) is 16.6. The monoisotopic (exact) mass is 493 g/mol. The third kappa shape index (κ3) is 3.92. The highest BCUT2D eigenvalue weighted by molar-refractivity contribution is 6.74. The number of pyridine rings is 1. The largest absolute Gasteiger partial charge is 0.412 e. The van der Waals surface area contributed by atoms with E-state index in [0.717, 1.165) is 35.6 Å². The first-order valence-electron chi connectivity index (χ1n) is 13.1. The lowest BCUT2D eigenvalue weighted by Crippen LogP contribution is -2.64. The zero-order valence-electron chi connectivity index (χ0n) is 22.0. The molecule has 1 saturated carbocycles. The summed E-state index contributed by atoms with van der Waals surface area (Å²) in [6.45, 7) is 13.9. The van der Waals surface area contributed by atoms with Crippen LogP contribution >= 0.6 is 0 Å². The molecular formula is C26H39N7OSi. The van der Waals surface area contributed by atoms with Gasteiger partial charge in [0.05, 0.1) is 23.6 Å². The molecule has 1 N–H and O–H groups in total. The average Bonchev–Trinajstić information content (AvgIpc) is 3.46. The molecule has 2 aliphatic heterocycles. The minimum absolute atomic E-state index is 0.260. The van der Waals surface area contributed by atoms with Crippen molar-refractivity contribution in [2.45, 2.75) is 88.8 Å². The van der Waals surface area contributed by atoms with Crippen LogP contribution in [0.2, 0.25) is 18.1 Å². The van der Waals surface area contributed by atoms with E-state index in [9.17, 15) is 0 Å². The molecule has 188 valence electrons. The number of nitrogens with one attached hydrogen (secondary N) is 1. The van der Waals surface area contributed by atoms with Gasteiger partial charge < -0.3 is 14.3 Å². The van der Waals surface area contributed by atoms with Gasteiger partial charge in [-0.1, -0.05) is 20.8 Å². The first-order valence-corrected chi connectivity index (χ1v) is 16.1. The fraction of sp³-hybridized carbons (Fsp3) is 0.654. The highest BCUT2D eigenvalue weighted by atomic mass is 28.4. The third-order valence-corrected chi connectivity index (χ3v) is 13.5. The zero-order valence-corrected chi connectivity index (χ0v) is 23.0. The van der Waals surface area contributed by atoms with Crippen LogP contribution in [0.4, 0.5) is 5.69 Å². The van der Waals surface area contributed by atoms with Crippen molar-refractivity contribution >= 4 is 25.2 Å². The van der Waals surface area contributed by atoms with Crippen molar-refractivity contribution in [1.29, 1.82) is 0 Å². The zero-order chi connectivity index (χ0) is 24.5. The Hall–Kier alpha value is -2.23. The second-order valence-corrected chi connectivity index (χ2v) is 17.1. The molecule has 2 saturated heterocycles. The van der Waals surface area contributed by atoms with Gasteiger partial charge >= 0.3 is 0 Å². The molecule has 0 radical (unpaired) electrons. The number of fused-ring (bicyclic) bond motifs is 3. The molecule has 1 aliphatic carbocycles. The summed E-state index contributed by atoms with van der Waals surface area (Å²) in [6.07, 6.45) is 11.2. The lowest BCUT2D eigenvalue weighted by molar-refractivity contribution is -0.0401. The van der Waals surface area contributed by atoms with Gasteiger partial charge in [-0.2, -0.15) is 5.10 Å². The SMILES string of the molecule is Cn1cc(-c2nc3c(N4C[C@H]5CC[C@@H](C4)N5C4CCC4O[Si](C)(C)C(C)(C)C)ccnc3[nH]2)cn1. The molecule has 0 aromatic carbocycles. The number of nitrogens with zero attached hydrogens (tertiary/aromatic N) is 6. The Morgan fingerprint density at radius 1 is 1.09 bits per heavy atom. The Kier molecular flexibility index (Phi) is 5.39. The maximum absolute atomic E-state index is 6.90. The molecule has 2 bridgehead atoms. The highest BCUT2D eigenvalue weighted by Crippen LogP contribution is 2.45. The molecule has 9 heteroatoms. The lowest BCUT2D eigenvalue weighted by atomic mass is 9.86. The number of anilines is 1. The summed E-state index contributed by atoms with van der Waals surface area (Å²) in [6, 6.07) is 3.90. The number of aromatic nitrogens is 5. The van der Waals surface area contributed by atoms with Crippen LogP contribution in [0, 0.1) is 0 Å². The molecule has 0 spiro atoms. The van der Waals surface area contributed by atoms with Crippen molar-refractivity contribution in [3.8, 4) is 11.4 Å². The predicted octanol–water partition coefficient (Wildman–Crippen LogP) is 4.56. The minimum atomic E-state index is -1.75. The molecular weight excluding hydrogens is 454 g/mol. The fourth-order valence-corrected chi connectivity index (χ4v) is 7.38. The summed E-state index contributed by atoms with van der Waals surface area (Å²) in [5, 5.41) is 4.56. The molecule has 6 rings (SSSR count). The normalized spacial score (nSPS) is 27.5. The van der Waals surface area contributed by atoms with E-state index in [1.807, 2.05) is 25.6 Å². The summed E-state index contributed by atoms with van der Waals surface area (Å²) >= 11 is 0. The number of aromatic amines is 1. The first kappa shape index (κ1) is 23.2. The van der Waals surface area contributed by atoms with E-state index < -0.39 is 8.32 Å². The molecule has 3 fully saturated rings. The number of imidazole rings is 1. The molecule has 0 amide bonds. The van der Waals surface area contributed by atoms with Crippen LogP contribution in [0.15, 0.2) is 24.7 Å². The topological polar surface area (TPSA) is 75.1 Å². The van der Waals surface area contributed by atoms with Gasteiger partial charge in [0.25, 0.3) is 0 Å². The summed E-state index contributed by atoms with van der Waals surface area (Å²) < 4.78 is 8.70. The van der Waals surface area contributed by atoms with Crippen molar-refractivity contribution in [3.05, 3.63) is 24.7 Å². The van der Waals surface area contributed by atoms with Gasteiger partial charge in [0.2, 0.25) is 0 Å². The number of piperazine rings is 1. The van der Waals surface area contributed by atoms with Gasteiger partial charge in [-0.3, -0.25) is 9.58 Å². The Bertz CT molecular complexity index is 1210. The number of aryl methyl sites for hydroxylation is 1. The quantitative estimate of drug-likeness (QED) is 0.525. The van der Waals surface area contributed by atoms with E-state index in [1.165, 1.54) is 31.4 Å². The summed E-state index contributed by atoms with van der Waals surface area (Å²) in [7, 11) is 0.176. The van der Waals surface area contributed by atoms with Crippen molar-refractivity contribution < 1.29 is 4.43 Å². The molecule has 3 aromatic heterocycles. The lowest BCUT2D eigenvalue weighted by Gasteiger charge is -2.54. The molecule has 4 atom stereocenters. The van der Waals surface area contributed by atoms with Crippen LogP contribution in [0.25, 0.3) is 22.6 Å². The Labute approximate surface area is 209 Å². The standard InChI is InChI=1S/C26H39N7OSi/c1-26(2,3)35(5,6)34-22-10-9-20(22)33-18-7-8-19(33)16-32(15-18)21-11-12-27-25-23(21)29-24(30-25)17-13-28-31(4)14-17/h11-14,18-20,22H,7-10,15-16H2,1-6H3,(H,27,29,30)/t18-,19+,20?,22?. The molecule has 3 aliphatic rings. The van der Waals surface area contributed by atoms with Gasteiger partial charge in [0, 0.05) is 50.7 Å². The Balaban J connectivity index is 1.21. The van der Waals surface area contributed by atoms with Crippen molar-refractivity contribution in [1.82, 2.24) is 29.6 Å². The smallest absolute Gasteiger partial charge is 0.192 e. The predicted molar refractivity (Wildman–Crippen MR) is 142 cm³/mol. The average molecular weight is 494 g/mol. The van der Waals surface area contributed by atoms with Gasteiger partial charge in [0.1, 0.15) is 11.3 Å². The highest BCUT2D eigenvalue weighted by Gasteiger charge is 2.51. The molecule has 8 nitrogen and oxygen atoms in total. The molecule has 5 heterocycles. The number of hydrogen-bond acceptors (Lipinski definition) is 6. The van der Waals surface area contributed by atoms with E-state index in [0.29, 0.717) is 24.2 Å². The van der Waals surface area contributed by atoms with Crippen LogP contribution in [0.3, 0.4) is 0 Å². The van der Waals surface area contributed by atoms with Gasteiger partial charge in [-0.15, -0.1) is 0 Å². The summed E-state index contributed by atoms with van der Waals surface area (Å²) in [5.41, 5.74) is 3.99. The third-order valence-electron chi connectivity index (χ3n) is 9.03. The fourth-order valence-electron chi connectivity index (χ4n) is 5.99. The van der Waals surface area contributed by atoms with Gasteiger partial charge in [0.15, 0.2) is 14.0 Å². The van der Waals surface area contributed by atoms with Crippen LogP contribution < -0.4 is 4.90 Å². The second kappa shape index (κ2) is 8.14. The van der Waals surface area contributed by atoms with Crippen LogP contribution in [0.5, 0.6) is 0 Å². The van der Waals surface area contributed by atoms with Crippen molar-refractivity contribution in [2.75, 3.05) is 18.0 Å². The minimum Gasteiger partial charge on any atom is -0.412 e. The second-order valence-electron chi connectivity index (χ2n) is 12.3. The Morgan fingerprint density at radius 3 is 2.43 bits per heavy atom. The van der Waals surface area contributed by atoms with Crippen LogP contribution in [-0.2, 0) is 11.5 Å². The molecule has 3 aromatic rings. The van der Waals surface area contributed by atoms with Crippen LogP contribution in [-0.4, -0.2) is 75.3 Å². The number of H-pyrrole nitrogens is 1. The van der Waals surface area contributed by atoms with Crippen LogP contribution in [0.1, 0.15) is 46.5 Å². The molecule has 35 heavy (non-hydrogen) atoms. The van der Waals surface area contributed by atoms with E-state index in [2.05, 4.69) is 64.8 Å². The van der Waals surface area contributed by atoms with E-state index in [4.69, 9.17) is 9.41 Å². The van der Waals surface area contributed by atoms with E-state index in [1.54, 1.807) is 4.68 Å². The molecule has 2 unspecified atom stereocenters. The summed E-state index contributed by atoms with van der Waals surface area (Å²) in [4.78, 5) is 18.3. The summed E-state index contributed by atoms with van der Waals surface area (Å²) in [5.74, 6) is 0.828. The Morgan fingerprint density at radius 2 is 1.83 bits per heavy atom. The van der Waals surface area contributed by atoms with E-state index >= 15 is 0 Å².